The van der Waals surface area contributed by atoms with Crippen molar-refractivity contribution in [2.24, 2.45) is 17.8 Å². The molecule has 0 atom stereocenters. The third kappa shape index (κ3) is 3.14. The first-order valence-corrected chi connectivity index (χ1v) is 10.5. The van der Waals surface area contributed by atoms with Crippen LogP contribution >= 0.6 is 11.3 Å². The van der Waals surface area contributed by atoms with Gasteiger partial charge in [0, 0.05) is 15.6 Å². The number of benzene rings is 1. The van der Waals surface area contributed by atoms with E-state index in [1.165, 1.54) is 42.7 Å². The highest BCUT2D eigenvalue weighted by Crippen LogP contribution is 2.55. The highest BCUT2D eigenvalue weighted by Gasteiger charge is 2.51. The molecule has 6 rings (SSSR count). The van der Waals surface area contributed by atoms with Crippen LogP contribution in [0.25, 0.3) is 10.1 Å². The van der Waals surface area contributed by atoms with Gasteiger partial charge in [-0.1, -0.05) is 6.07 Å². The Hall–Kier alpha value is -1.95. The van der Waals surface area contributed by atoms with Crippen molar-refractivity contribution in [1.82, 2.24) is 5.32 Å². The summed E-state index contributed by atoms with van der Waals surface area (Å²) in [5, 5.41) is 3.60. The van der Waals surface area contributed by atoms with Crippen LogP contribution in [0.15, 0.2) is 24.3 Å². The summed E-state index contributed by atoms with van der Waals surface area (Å²) in [5.41, 5.74) is -0.0843. The summed E-state index contributed by atoms with van der Waals surface area (Å²) < 4.78 is 19.7. The molecule has 1 aromatic carbocycles. The molecule has 4 fully saturated rings. The van der Waals surface area contributed by atoms with Gasteiger partial charge in [0.05, 0.1) is 0 Å². The Kier molecular flexibility index (Phi) is 4.00. The van der Waals surface area contributed by atoms with E-state index >= 15 is 0 Å². The second-order valence-electron chi connectivity index (χ2n) is 8.58. The van der Waals surface area contributed by atoms with Gasteiger partial charge in [0.2, 0.25) is 0 Å². The van der Waals surface area contributed by atoms with Gasteiger partial charge in [-0.25, -0.2) is 9.18 Å². The molecule has 4 nitrogen and oxygen atoms in total. The van der Waals surface area contributed by atoms with Crippen molar-refractivity contribution in [3.63, 3.8) is 0 Å². The molecular weight excluding hydrogens is 365 g/mol. The monoisotopic (exact) mass is 387 g/mol. The zero-order valence-corrected chi connectivity index (χ0v) is 15.8. The molecule has 6 heteroatoms. The van der Waals surface area contributed by atoms with Crippen molar-refractivity contribution in [2.45, 2.75) is 44.1 Å². The van der Waals surface area contributed by atoms with Crippen molar-refractivity contribution >= 4 is 33.3 Å². The number of hydrogen-bond acceptors (Lipinski definition) is 4. The van der Waals surface area contributed by atoms with Crippen LogP contribution in [-0.2, 0) is 9.53 Å². The molecule has 27 heavy (non-hydrogen) atoms. The number of nitrogens with one attached hydrogen (secondary N) is 1. The second kappa shape index (κ2) is 6.30. The van der Waals surface area contributed by atoms with Crippen molar-refractivity contribution in [3.05, 3.63) is 35.0 Å². The van der Waals surface area contributed by atoms with Crippen LogP contribution in [0, 0.1) is 23.6 Å². The molecule has 2 aromatic rings. The Morgan fingerprint density at radius 3 is 2.44 bits per heavy atom. The number of hydrogen-bond donors (Lipinski definition) is 1. The molecule has 0 unspecified atom stereocenters. The van der Waals surface area contributed by atoms with Gasteiger partial charge in [-0.3, -0.25) is 4.79 Å². The lowest BCUT2D eigenvalue weighted by Gasteiger charge is -2.56. The maximum atomic E-state index is 13.8. The molecule has 142 valence electrons. The molecular formula is C21H22FNO3S. The number of carbonyl (C=O) groups excluding carboxylic acids is 2. The summed E-state index contributed by atoms with van der Waals surface area (Å²) >= 11 is 1.18. The maximum Gasteiger partial charge on any atom is 0.348 e. The van der Waals surface area contributed by atoms with Crippen LogP contribution in [0.5, 0.6) is 0 Å². The molecule has 4 saturated carbocycles. The number of carbonyl (C=O) groups is 2. The first-order valence-electron chi connectivity index (χ1n) is 9.66. The number of rotatable bonds is 4. The van der Waals surface area contributed by atoms with E-state index in [1.54, 1.807) is 12.1 Å². The summed E-state index contributed by atoms with van der Waals surface area (Å²) in [6.45, 7) is -0.280. The molecule has 4 aliphatic carbocycles. The fourth-order valence-corrected chi connectivity index (χ4v) is 6.89. The Morgan fingerprint density at radius 2 is 1.81 bits per heavy atom. The lowest BCUT2D eigenvalue weighted by molar-refractivity contribution is -0.130. The van der Waals surface area contributed by atoms with E-state index < -0.39 is 5.97 Å². The summed E-state index contributed by atoms with van der Waals surface area (Å²) in [7, 11) is 0. The minimum absolute atomic E-state index is 0.0843. The SMILES string of the molecule is O=C(COC(=O)c1cc2c(F)cccc2s1)NC12CC3CC(CC(C3)C1)C2. The van der Waals surface area contributed by atoms with Crippen LogP contribution in [0.4, 0.5) is 4.39 Å². The smallest absolute Gasteiger partial charge is 0.348 e. The van der Waals surface area contributed by atoms with Crippen LogP contribution in [0.3, 0.4) is 0 Å². The van der Waals surface area contributed by atoms with Gasteiger partial charge in [0.25, 0.3) is 5.91 Å². The Bertz CT molecular complexity index is 886. The van der Waals surface area contributed by atoms with Gasteiger partial charge in [-0.05, 0) is 74.5 Å². The zero-order chi connectivity index (χ0) is 18.6. The van der Waals surface area contributed by atoms with Crippen LogP contribution in [0.2, 0.25) is 0 Å². The lowest BCUT2D eigenvalue weighted by Crippen LogP contribution is -2.60. The van der Waals surface area contributed by atoms with Crippen molar-refractivity contribution in [3.8, 4) is 0 Å². The molecule has 0 aliphatic heterocycles. The van der Waals surface area contributed by atoms with E-state index in [0.29, 0.717) is 15.0 Å². The van der Waals surface area contributed by atoms with E-state index in [0.717, 1.165) is 37.0 Å². The Balaban J connectivity index is 1.21. The first kappa shape index (κ1) is 17.2. The summed E-state index contributed by atoms with van der Waals surface area (Å²) in [6, 6.07) is 6.24. The Morgan fingerprint density at radius 1 is 1.15 bits per heavy atom. The zero-order valence-electron chi connectivity index (χ0n) is 15.0. The van der Waals surface area contributed by atoms with E-state index in [-0.39, 0.29) is 23.9 Å². The molecule has 4 bridgehead atoms. The molecule has 1 aromatic heterocycles. The lowest BCUT2D eigenvalue weighted by atomic mass is 9.53. The fourth-order valence-electron chi connectivity index (χ4n) is 5.92. The van der Waals surface area contributed by atoms with Crippen molar-refractivity contribution in [1.29, 1.82) is 0 Å². The molecule has 4 aliphatic rings. The molecule has 1 N–H and O–H groups in total. The summed E-state index contributed by atoms with van der Waals surface area (Å²) in [4.78, 5) is 25.0. The third-order valence-corrected chi connectivity index (χ3v) is 7.57. The van der Waals surface area contributed by atoms with Crippen molar-refractivity contribution in [2.75, 3.05) is 6.61 Å². The number of halogens is 1. The average Bonchev–Trinajstić information content (AvgIpc) is 3.04. The number of ether oxygens (including phenoxy) is 1. The average molecular weight is 387 g/mol. The minimum atomic E-state index is -0.573. The van der Waals surface area contributed by atoms with Gasteiger partial charge in [-0.15, -0.1) is 11.3 Å². The van der Waals surface area contributed by atoms with E-state index in [2.05, 4.69) is 5.32 Å². The molecule has 1 heterocycles. The van der Waals surface area contributed by atoms with Crippen LogP contribution in [0.1, 0.15) is 48.2 Å². The van der Waals surface area contributed by atoms with Crippen molar-refractivity contribution < 1.29 is 18.7 Å². The highest BCUT2D eigenvalue weighted by atomic mass is 32.1. The summed E-state index contributed by atoms with van der Waals surface area (Å²) in [6.07, 6.45) is 7.13. The number of thiophene rings is 1. The predicted octanol–water partition coefficient (Wildman–Crippen LogP) is 4.28. The third-order valence-electron chi connectivity index (χ3n) is 6.49. The molecule has 0 spiro atoms. The highest BCUT2D eigenvalue weighted by molar-refractivity contribution is 7.20. The first-order chi connectivity index (χ1) is 13.0. The summed E-state index contributed by atoms with van der Waals surface area (Å²) in [5.74, 6) is 1.07. The van der Waals surface area contributed by atoms with Gasteiger partial charge in [0.1, 0.15) is 10.7 Å². The number of fused-ring (bicyclic) bond motifs is 1. The van der Waals surface area contributed by atoms with Crippen LogP contribution < -0.4 is 5.32 Å². The quantitative estimate of drug-likeness (QED) is 0.797. The minimum Gasteiger partial charge on any atom is -0.451 e. The number of esters is 1. The fraction of sp³-hybridized carbons (Fsp3) is 0.524. The van der Waals surface area contributed by atoms with E-state index in [1.807, 2.05) is 0 Å². The predicted molar refractivity (Wildman–Crippen MR) is 101 cm³/mol. The van der Waals surface area contributed by atoms with Gasteiger partial charge in [0.15, 0.2) is 6.61 Å². The second-order valence-corrected chi connectivity index (χ2v) is 9.67. The van der Waals surface area contributed by atoms with Gasteiger partial charge in [-0.2, -0.15) is 0 Å². The maximum absolute atomic E-state index is 13.8. The normalized spacial score (nSPS) is 31.2. The largest absolute Gasteiger partial charge is 0.451 e. The molecule has 0 saturated heterocycles. The van der Waals surface area contributed by atoms with Gasteiger partial charge >= 0.3 is 5.97 Å². The topological polar surface area (TPSA) is 55.4 Å². The van der Waals surface area contributed by atoms with E-state index in [9.17, 15) is 14.0 Å². The molecule has 0 radical (unpaired) electrons. The Labute approximate surface area is 161 Å². The standard InChI is InChI=1S/C21H22FNO3S/c22-16-2-1-3-17-15(16)7-18(27-17)20(25)26-11-19(24)23-21-8-12-4-13(9-21)6-14(5-12)10-21/h1-3,7,12-14H,4-6,8-11H2,(H,23,24). The number of amides is 1. The van der Waals surface area contributed by atoms with Crippen LogP contribution in [-0.4, -0.2) is 24.0 Å². The van der Waals surface area contributed by atoms with E-state index in [4.69, 9.17) is 4.74 Å². The molecule has 1 amide bonds. The van der Waals surface area contributed by atoms with Gasteiger partial charge < -0.3 is 10.1 Å².